The van der Waals surface area contributed by atoms with Gasteiger partial charge in [-0.2, -0.15) is 0 Å². The van der Waals surface area contributed by atoms with E-state index in [1.165, 1.54) is 0 Å². The molecule has 0 amide bonds. The lowest BCUT2D eigenvalue weighted by atomic mass is 10.0. The van der Waals surface area contributed by atoms with Crippen molar-refractivity contribution in [3.8, 4) is 0 Å². The van der Waals surface area contributed by atoms with Gasteiger partial charge in [0.2, 0.25) is 0 Å². The molecule has 0 unspecified atom stereocenters. The highest BCUT2D eigenvalue weighted by molar-refractivity contribution is 6.30. The molecule has 2 atom stereocenters. The van der Waals surface area contributed by atoms with E-state index in [1.54, 1.807) is 31.2 Å². The first-order chi connectivity index (χ1) is 6.09. The molecule has 0 spiro atoms. The van der Waals surface area contributed by atoms with Crippen LogP contribution in [0.1, 0.15) is 25.0 Å². The second kappa shape index (κ2) is 4.61. The van der Waals surface area contributed by atoms with E-state index >= 15 is 0 Å². The van der Waals surface area contributed by atoms with Crippen molar-refractivity contribution in [3.05, 3.63) is 34.9 Å². The van der Waals surface area contributed by atoms with E-state index in [1.807, 2.05) is 0 Å². The van der Waals surface area contributed by atoms with E-state index in [-0.39, 0.29) is 0 Å². The minimum Gasteiger partial charge on any atom is -0.393 e. The predicted molar refractivity (Wildman–Crippen MR) is 52.7 cm³/mol. The largest absolute Gasteiger partial charge is 0.393 e. The lowest BCUT2D eigenvalue weighted by molar-refractivity contribution is 0.0907. The van der Waals surface area contributed by atoms with Gasteiger partial charge in [-0.25, -0.2) is 0 Å². The zero-order valence-corrected chi connectivity index (χ0v) is 8.20. The Balaban J connectivity index is 2.66. The van der Waals surface area contributed by atoms with Crippen LogP contribution >= 0.6 is 11.6 Å². The SMILES string of the molecule is C[C@H](O)C[C@@H](O)c1ccc(Cl)cc1. The molecule has 1 aromatic carbocycles. The second-order valence-corrected chi connectivity index (χ2v) is 3.59. The molecule has 2 N–H and O–H groups in total. The number of benzene rings is 1. The van der Waals surface area contributed by atoms with Crippen LogP contribution in [0.5, 0.6) is 0 Å². The van der Waals surface area contributed by atoms with Crippen LogP contribution < -0.4 is 0 Å². The first-order valence-corrected chi connectivity index (χ1v) is 4.59. The number of rotatable bonds is 3. The van der Waals surface area contributed by atoms with E-state index in [4.69, 9.17) is 16.7 Å². The van der Waals surface area contributed by atoms with Crippen LogP contribution in [0.25, 0.3) is 0 Å². The van der Waals surface area contributed by atoms with Gasteiger partial charge in [-0.1, -0.05) is 23.7 Å². The molecule has 0 aliphatic heterocycles. The molecule has 13 heavy (non-hydrogen) atoms. The molecule has 3 heteroatoms. The van der Waals surface area contributed by atoms with Crippen molar-refractivity contribution in [2.45, 2.75) is 25.6 Å². The van der Waals surface area contributed by atoms with Gasteiger partial charge in [0.1, 0.15) is 0 Å². The van der Waals surface area contributed by atoms with Crippen molar-refractivity contribution < 1.29 is 10.2 Å². The molecule has 0 aromatic heterocycles. The fourth-order valence-corrected chi connectivity index (χ4v) is 1.27. The first-order valence-electron chi connectivity index (χ1n) is 4.21. The summed E-state index contributed by atoms with van der Waals surface area (Å²) in [4.78, 5) is 0. The van der Waals surface area contributed by atoms with Gasteiger partial charge < -0.3 is 10.2 Å². The van der Waals surface area contributed by atoms with Gasteiger partial charge in [0, 0.05) is 11.4 Å². The van der Waals surface area contributed by atoms with Crippen molar-refractivity contribution >= 4 is 11.6 Å². The molecule has 0 aliphatic rings. The Bertz CT molecular complexity index is 256. The summed E-state index contributed by atoms with van der Waals surface area (Å²) < 4.78 is 0. The molecule has 0 saturated carbocycles. The monoisotopic (exact) mass is 200 g/mol. The lowest BCUT2D eigenvalue weighted by Crippen LogP contribution is -2.07. The topological polar surface area (TPSA) is 40.5 Å². The minimum atomic E-state index is -0.614. The Morgan fingerprint density at radius 3 is 2.23 bits per heavy atom. The Kier molecular flexibility index (Phi) is 3.72. The first kappa shape index (κ1) is 10.5. The van der Waals surface area contributed by atoms with Crippen molar-refractivity contribution in [1.29, 1.82) is 0 Å². The number of hydrogen-bond acceptors (Lipinski definition) is 2. The van der Waals surface area contributed by atoms with Crippen molar-refractivity contribution in [2.24, 2.45) is 0 Å². The summed E-state index contributed by atoms with van der Waals surface area (Å²) in [7, 11) is 0. The Morgan fingerprint density at radius 1 is 1.23 bits per heavy atom. The summed E-state index contributed by atoms with van der Waals surface area (Å²) in [6.45, 7) is 1.65. The summed E-state index contributed by atoms with van der Waals surface area (Å²) in [5, 5.41) is 19.3. The molecule has 2 nitrogen and oxygen atoms in total. The average molecular weight is 201 g/mol. The standard InChI is InChI=1S/C10H13ClO2/c1-7(12)6-10(13)8-2-4-9(11)5-3-8/h2-5,7,10,12-13H,6H2,1H3/t7-,10+/m0/s1. The van der Waals surface area contributed by atoms with Gasteiger partial charge in [-0.15, -0.1) is 0 Å². The molecular weight excluding hydrogens is 188 g/mol. The van der Waals surface area contributed by atoms with Crippen LogP contribution in [0.4, 0.5) is 0 Å². The quantitative estimate of drug-likeness (QED) is 0.785. The Hall–Kier alpha value is -0.570. The minimum absolute atomic E-state index is 0.349. The summed E-state index contributed by atoms with van der Waals surface area (Å²) in [5.41, 5.74) is 0.783. The molecule has 0 heterocycles. The molecular formula is C10H13ClO2. The fraction of sp³-hybridized carbons (Fsp3) is 0.400. The van der Waals surface area contributed by atoms with Gasteiger partial charge >= 0.3 is 0 Å². The Labute approximate surface area is 82.8 Å². The number of aliphatic hydroxyl groups is 2. The third-order valence-corrected chi connectivity index (χ3v) is 2.07. The van der Waals surface area contributed by atoms with E-state index in [9.17, 15) is 5.11 Å². The molecule has 0 saturated heterocycles. The highest BCUT2D eigenvalue weighted by Crippen LogP contribution is 2.20. The molecule has 0 radical (unpaired) electrons. The highest BCUT2D eigenvalue weighted by atomic mass is 35.5. The van der Waals surface area contributed by atoms with Crippen LogP contribution in [0.3, 0.4) is 0 Å². The molecule has 1 aromatic rings. The van der Waals surface area contributed by atoms with Gasteiger partial charge in [-0.05, 0) is 24.6 Å². The van der Waals surface area contributed by atoms with Crippen LogP contribution in [-0.2, 0) is 0 Å². The van der Waals surface area contributed by atoms with E-state index in [0.29, 0.717) is 11.4 Å². The zero-order chi connectivity index (χ0) is 9.84. The highest BCUT2D eigenvalue weighted by Gasteiger charge is 2.09. The molecule has 0 bridgehead atoms. The normalized spacial score (nSPS) is 15.4. The number of halogens is 1. The molecule has 0 aliphatic carbocycles. The Morgan fingerprint density at radius 2 is 1.77 bits per heavy atom. The van der Waals surface area contributed by atoms with Crippen LogP contribution in [0.15, 0.2) is 24.3 Å². The second-order valence-electron chi connectivity index (χ2n) is 3.15. The van der Waals surface area contributed by atoms with E-state index < -0.39 is 12.2 Å². The summed E-state index contributed by atoms with van der Waals surface area (Å²) in [6.07, 6.45) is -0.760. The number of aliphatic hydroxyl groups excluding tert-OH is 2. The van der Waals surface area contributed by atoms with Crippen molar-refractivity contribution in [1.82, 2.24) is 0 Å². The van der Waals surface area contributed by atoms with E-state index in [0.717, 1.165) is 5.56 Å². The third-order valence-electron chi connectivity index (χ3n) is 1.82. The lowest BCUT2D eigenvalue weighted by Gasteiger charge is -2.12. The zero-order valence-electron chi connectivity index (χ0n) is 7.44. The van der Waals surface area contributed by atoms with Crippen LogP contribution in [-0.4, -0.2) is 16.3 Å². The van der Waals surface area contributed by atoms with Crippen LogP contribution in [0.2, 0.25) is 5.02 Å². The summed E-state index contributed by atoms with van der Waals surface area (Å²) in [6, 6.07) is 6.97. The summed E-state index contributed by atoms with van der Waals surface area (Å²) >= 11 is 5.69. The predicted octanol–water partition coefficient (Wildman–Crippen LogP) is 2.14. The van der Waals surface area contributed by atoms with Gasteiger partial charge in [0.15, 0.2) is 0 Å². The van der Waals surface area contributed by atoms with Crippen molar-refractivity contribution in [2.75, 3.05) is 0 Å². The molecule has 72 valence electrons. The molecule has 0 fully saturated rings. The molecule has 1 rings (SSSR count). The maximum atomic E-state index is 9.58. The van der Waals surface area contributed by atoms with E-state index in [2.05, 4.69) is 0 Å². The maximum absolute atomic E-state index is 9.58. The third kappa shape index (κ3) is 3.35. The van der Waals surface area contributed by atoms with Gasteiger partial charge in [-0.3, -0.25) is 0 Å². The maximum Gasteiger partial charge on any atom is 0.0814 e. The van der Waals surface area contributed by atoms with Crippen molar-refractivity contribution in [3.63, 3.8) is 0 Å². The average Bonchev–Trinajstić information content (AvgIpc) is 2.04. The van der Waals surface area contributed by atoms with Gasteiger partial charge in [0.25, 0.3) is 0 Å². The fourth-order valence-electron chi connectivity index (χ4n) is 1.14. The summed E-state index contributed by atoms with van der Waals surface area (Å²) in [5.74, 6) is 0. The smallest absolute Gasteiger partial charge is 0.0814 e. The van der Waals surface area contributed by atoms with Gasteiger partial charge in [0.05, 0.1) is 12.2 Å². The number of hydrogen-bond donors (Lipinski definition) is 2. The van der Waals surface area contributed by atoms with Crippen LogP contribution in [0, 0.1) is 0 Å².